The molecule has 98 valence electrons. The molecule has 0 aromatic heterocycles. The third-order valence-corrected chi connectivity index (χ3v) is 3.79. The van der Waals surface area contributed by atoms with E-state index in [2.05, 4.69) is 51.1 Å². The standard InChI is InChI=1S/C18H20O/c1-12(2)10-15-13(3)8-9-18-16(15)11-14-6-4-5-7-17(14)19-18/h4-9,12H,10-11H2,1-3H3. The number of fused-ring (bicyclic) bond motifs is 2. The molecule has 1 heteroatoms. The SMILES string of the molecule is Cc1ccc2c(c1CC(C)C)Cc1ccccc1O2. The van der Waals surface area contributed by atoms with Gasteiger partial charge in [-0.05, 0) is 48.1 Å². The molecule has 0 amide bonds. The summed E-state index contributed by atoms with van der Waals surface area (Å²) >= 11 is 0. The van der Waals surface area contributed by atoms with Crippen LogP contribution in [0.1, 0.15) is 36.1 Å². The number of rotatable bonds is 2. The maximum absolute atomic E-state index is 6.05. The van der Waals surface area contributed by atoms with Crippen LogP contribution in [0.3, 0.4) is 0 Å². The highest BCUT2D eigenvalue weighted by molar-refractivity contribution is 5.54. The van der Waals surface area contributed by atoms with E-state index in [0.717, 1.165) is 24.3 Å². The lowest BCUT2D eigenvalue weighted by atomic mass is 9.88. The maximum atomic E-state index is 6.05. The molecule has 0 atom stereocenters. The Labute approximate surface area is 115 Å². The fraction of sp³-hybridized carbons (Fsp3) is 0.333. The lowest BCUT2D eigenvalue weighted by Gasteiger charge is -2.24. The predicted octanol–water partition coefficient (Wildman–Crippen LogP) is 4.89. The fourth-order valence-corrected chi connectivity index (χ4v) is 2.83. The van der Waals surface area contributed by atoms with Gasteiger partial charge in [-0.3, -0.25) is 0 Å². The summed E-state index contributed by atoms with van der Waals surface area (Å²) in [5.41, 5.74) is 5.54. The monoisotopic (exact) mass is 252 g/mol. The van der Waals surface area contributed by atoms with E-state index in [1.165, 1.54) is 22.3 Å². The Hall–Kier alpha value is -1.76. The molecular weight excluding hydrogens is 232 g/mol. The third-order valence-electron chi connectivity index (χ3n) is 3.79. The molecule has 0 saturated carbocycles. The minimum Gasteiger partial charge on any atom is -0.457 e. The third kappa shape index (κ3) is 2.25. The Morgan fingerprint density at radius 1 is 1.05 bits per heavy atom. The maximum Gasteiger partial charge on any atom is 0.131 e. The Morgan fingerprint density at radius 2 is 1.84 bits per heavy atom. The van der Waals surface area contributed by atoms with E-state index >= 15 is 0 Å². The van der Waals surface area contributed by atoms with Gasteiger partial charge in [-0.2, -0.15) is 0 Å². The first-order valence-corrected chi connectivity index (χ1v) is 7.02. The summed E-state index contributed by atoms with van der Waals surface area (Å²) in [4.78, 5) is 0. The fourth-order valence-electron chi connectivity index (χ4n) is 2.83. The second-order valence-electron chi connectivity index (χ2n) is 5.82. The van der Waals surface area contributed by atoms with Gasteiger partial charge in [-0.1, -0.05) is 38.1 Å². The Bertz CT molecular complexity index is 611. The molecule has 0 saturated heterocycles. The second kappa shape index (κ2) is 4.73. The van der Waals surface area contributed by atoms with Gasteiger partial charge in [0.2, 0.25) is 0 Å². The van der Waals surface area contributed by atoms with Crippen LogP contribution in [0.25, 0.3) is 0 Å². The Kier molecular flexibility index (Phi) is 3.06. The molecule has 1 nitrogen and oxygen atoms in total. The van der Waals surface area contributed by atoms with Gasteiger partial charge < -0.3 is 4.74 Å². The molecule has 0 spiro atoms. The number of hydrogen-bond acceptors (Lipinski definition) is 1. The number of aryl methyl sites for hydroxylation is 1. The van der Waals surface area contributed by atoms with Gasteiger partial charge in [-0.15, -0.1) is 0 Å². The average Bonchev–Trinajstić information content (AvgIpc) is 2.40. The van der Waals surface area contributed by atoms with Crippen LogP contribution in [-0.4, -0.2) is 0 Å². The van der Waals surface area contributed by atoms with Crippen molar-refractivity contribution in [3.63, 3.8) is 0 Å². The van der Waals surface area contributed by atoms with Crippen molar-refractivity contribution in [2.24, 2.45) is 5.92 Å². The molecule has 0 radical (unpaired) electrons. The molecule has 0 N–H and O–H groups in total. The van der Waals surface area contributed by atoms with Crippen LogP contribution < -0.4 is 4.74 Å². The number of para-hydroxylation sites is 1. The van der Waals surface area contributed by atoms with E-state index in [-0.39, 0.29) is 0 Å². The number of benzene rings is 2. The van der Waals surface area contributed by atoms with Gasteiger partial charge >= 0.3 is 0 Å². The summed E-state index contributed by atoms with van der Waals surface area (Å²) < 4.78 is 6.05. The smallest absolute Gasteiger partial charge is 0.131 e. The average molecular weight is 252 g/mol. The van der Waals surface area contributed by atoms with Gasteiger partial charge in [0.1, 0.15) is 11.5 Å². The first-order valence-electron chi connectivity index (χ1n) is 7.02. The second-order valence-corrected chi connectivity index (χ2v) is 5.82. The van der Waals surface area contributed by atoms with Crippen LogP contribution in [0.2, 0.25) is 0 Å². The summed E-state index contributed by atoms with van der Waals surface area (Å²) in [7, 11) is 0. The van der Waals surface area contributed by atoms with Crippen molar-refractivity contribution < 1.29 is 4.74 Å². The minimum absolute atomic E-state index is 0.669. The zero-order valence-electron chi connectivity index (χ0n) is 11.9. The van der Waals surface area contributed by atoms with Crippen molar-refractivity contribution in [1.82, 2.24) is 0 Å². The molecule has 2 aromatic rings. The Balaban J connectivity index is 2.07. The zero-order valence-corrected chi connectivity index (χ0v) is 11.9. The van der Waals surface area contributed by atoms with Crippen molar-refractivity contribution in [1.29, 1.82) is 0 Å². The molecule has 3 rings (SSSR count). The molecule has 0 bridgehead atoms. The van der Waals surface area contributed by atoms with E-state index in [4.69, 9.17) is 4.74 Å². The quantitative estimate of drug-likeness (QED) is 0.631. The van der Waals surface area contributed by atoms with Crippen LogP contribution in [0.4, 0.5) is 0 Å². The molecule has 19 heavy (non-hydrogen) atoms. The minimum atomic E-state index is 0.669. The zero-order chi connectivity index (χ0) is 13.4. The van der Waals surface area contributed by atoms with Crippen molar-refractivity contribution in [3.8, 4) is 11.5 Å². The van der Waals surface area contributed by atoms with Crippen molar-refractivity contribution in [2.45, 2.75) is 33.6 Å². The van der Waals surface area contributed by atoms with Gasteiger partial charge in [-0.25, -0.2) is 0 Å². The van der Waals surface area contributed by atoms with E-state index in [9.17, 15) is 0 Å². The van der Waals surface area contributed by atoms with Gasteiger partial charge in [0.25, 0.3) is 0 Å². The van der Waals surface area contributed by atoms with Crippen LogP contribution in [0.15, 0.2) is 36.4 Å². The predicted molar refractivity (Wildman–Crippen MR) is 79.0 cm³/mol. The van der Waals surface area contributed by atoms with E-state index in [0.29, 0.717) is 5.92 Å². The summed E-state index contributed by atoms with van der Waals surface area (Å²) in [5, 5.41) is 0. The molecule has 1 heterocycles. The lowest BCUT2D eigenvalue weighted by molar-refractivity contribution is 0.457. The molecule has 1 aliphatic heterocycles. The highest BCUT2D eigenvalue weighted by atomic mass is 16.5. The molecule has 0 aliphatic carbocycles. The molecule has 1 aliphatic rings. The van der Waals surface area contributed by atoms with E-state index < -0.39 is 0 Å². The van der Waals surface area contributed by atoms with Gasteiger partial charge in [0, 0.05) is 12.0 Å². The largest absolute Gasteiger partial charge is 0.457 e. The topological polar surface area (TPSA) is 9.23 Å². The Morgan fingerprint density at radius 3 is 2.63 bits per heavy atom. The van der Waals surface area contributed by atoms with E-state index in [1.54, 1.807) is 0 Å². The first-order chi connectivity index (χ1) is 9.15. The van der Waals surface area contributed by atoms with Crippen molar-refractivity contribution in [3.05, 3.63) is 58.7 Å². The van der Waals surface area contributed by atoms with Crippen LogP contribution in [-0.2, 0) is 12.8 Å². The lowest BCUT2D eigenvalue weighted by Crippen LogP contribution is -2.09. The summed E-state index contributed by atoms with van der Waals surface area (Å²) in [6, 6.07) is 12.6. The molecular formula is C18H20O. The number of hydrogen-bond donors (Lipinski definition) is 0. The van der Waals surface area contributed by atoms with Crippen molar-refractivity contribution in [2.75, 3.05) is 0 Å². The van der Waals surface area contributed by atoms with Crippen LogP contribution in [0, 0.1) is 12.8 Å². The first kappa shape index (κ1) is 12.3. The molecule has 0 unspecified atom stereocenters. The summed E-state index contributed by atoms with van der Waals surface area (Å²) in [6.07, 6.45) is 2.12. The highest BCUT2D eigenvalue weighted by Crippen LogP contribution is 2.39. The van der Waals surface area contributed by atoms with Crippen molar-refractivity contribution >= 4 is 0 Å². The molecule has 0 fully saturated rings. The van der Waals surface area contributed by atoms with Crippen LogP contribution in [0.5, 0.6) is 11.5 Å². The molecule has 2 aromatic carbocycles. The normalized spacial score (nSPS) is 12.8. The number of ether oxygens (including phenoxy) is 1. The summed E-state index contributed by atoms with van der Waals surface area (Å²) in [6.45, 7) is 6.76. The van der Waals surface area contributed by atoms with Gasteiger partial charge in [0.15, 0.2) is 0 Å². The summed E-state index contributed by atoms with van der Waals surface area (Å²) in [5.74, 6) is 2.72. The van der Waals surface area contributed by atoms with E-state index in [1.807, 2.05) is 6.07 Å². The van der Waals surface area contributed by atoms with Gasteiger partial charge in [0.05, 0.1) is 0 Å². The van der Waals surface area contributed by atoms with Crippen LogP contribution >= 0.6 is 0 Å². The highest BCUT2D eigenvalue weighted by Gasteiger charge is 2.20.